The van der Waals surface area contributed by atoms with E-state index in [1.807, 2.05) is 30.3 Å². The normalized spacial score (nSPS) is 19.3. The molecule has 3 aromatic rings. The molecule has 4 nitrogen and oxygen atoms in total. The Bertz CT molecular complexity index is 1090. The number of rotatable bonds is 5. The zero-order valence-electron chi connectivity index (χ0n) is 17.8. The Kier molecular flexibility index (Phi) is 5.33. The van der Waals surface area contributed by atoms with Crippen LogP contribution in [-0.4, -0.2) is 23.8 Å². The van der Waals surface area contributed by atoms with Crippen molar-refractivity contribution in [2.75, 3.05) is 18.0 Å². The van der Waals surface area contributed by atoms with Gasteiger partial charge in [0.25, 0.3) is 0 Å². The predicted octanol–water partition coefficient (Wildman–Crippen LogP) is 6.43. The summed E-state index contributed by atoms with van der Waals surface area (Å²) in [6.45, 7) is 6.35. The van der Waals surface area contributed by atoms with Gasteiger partial charge in [0.2, 0.25) is 6.23 Å². The highest BCUT2D eigenvalue weighted by atomic mass is 35.5. The molecule has 5 heteroatoms. The van der Waals surface area contributed by atoms with Gasteiger partial charge in [-0.25, -0.2) is 5.01 Å². The van der Waals surface area contributed by atoms with Gasteiger partial charge in [0.1, 0.15) is 5.75 Å². The van der Waals surface area contributed by atoms with Gasteiger partial charge in [-0.05, 0) is 49.7 Å². The van der Waals surface area contributed by atoms with Crippen LogP contribution in [0.2, 0.25) is 5.02 Å². The molecule has 2 aliphatic heterocycles. The molecule has 2 unspecified atom stereocenters. The van der Waals surface area contributed by atoms with Crippen LogP contribution < -0.4 is 9.64 Å². The van der Waals surface area contributed by atoms with E-state index in [4.69, 9.17) is 21.4 Å². The van der Waals surface area contributed by atoms with Gasteiger partial charge in [0.05, 0.1) is 11.8 Å². The van der Waals surface area contributed by atoms with Crippen LogP contribution in [0.3, 0.4) is 0 Å². The number of hydrazone groups is 1. The molecule has 5 rings (SSSR count). The van der Waals surface area contributed by atoms with Crippen molar-refractivity contribution in [3.05, 3.63) is 94.5 Å². The highest BCUT2D eigenvalue weighted by Crippen LogP contribution is 2.47. The summed E-state index contributed by atoms with van der Waals surface area (Å²) in [5.74, 6) is 0.939. The van der Waals surface area contributed by atoms with Gasteiger partial charge >= 0.3 is 0 Å². The van der Waals surface area contributed by atoms with Crippen molar-refractivity contribution >= 4 is 23.0 Å². The molecule has 0 saturated carbocycles. The number of nitrogens with zero attached hydrogens (tertiary/aromatic N) is 3. The van der Waals surface area contributed by atoms with E-state index in [1.165, 1.54) is 11.3 Å². The van der Waals surface area contributed by atoms with Gasteiger partial charge < -0.3 is 9.64 Å². The van der Waals surface area contributed by atoms with Gasteiger partial charge in [-0.2, -0.15) is 5.10 Å². The smallest absolute Gasteiger partial charge is 0.213 e. The third kappa shape index (κ3) is 3.66. The van der Waals surface area contributed by atoms with Gasteiger partial charge in [0.15, 0.2) is 0 Å². The maximum Gasteiger partial charge on any atom is 0.213 e. The van der Waals surface area contributed by atoms with Crippen LogP contribution >= 0.6 is 11.6 Å². The highest BCUT2D eigenvalue weighted by Gasteiger charge is 2.40. The van der Waals surface area contributed by atoms with Crippen LogP contribution in [0, 0.1) is 0 Å². The lowest BCUT2D eigenvalue weighted by atomic mass is 9.96. The number of fused-ring (bicyclic) bond motifs is 3. The molecule has 2 aliphatic rings. The fourth-order valence-corrected chi connectivity index (χ4v) is 4.64. The maximum atomic E-state index is 6.47. The molecule has 2 atom stereocenters. The number of hydrogen-bond acceptors (Lipinski definition) is 4. The molecular formula is C26H26ClN3O. The standard InChI is InChI=1S/C26H26ClN3O/c1-3-29(4-2)21-15-11-19(12-16-21)26-30-24(22-7-5-6-8-25(22)31-26)17-23(28-30)18-9-13-20(27)14-10-18/h5-16,24,26H,3-4,17H2,1-2H3. The molecule has 0 amide bonds. The summed E-state index contributed by atoms with van der Waals surface area (Å²) in [7, 11) is 0. The average molecular weight is 432 g/mol. The second-order valence-electron chi connectivity index (χ2n) is 7.93. The van der Waals surface area contributed by atoms with Crippen LogP contribution in [0.25, 0.3) is 0 Å². The summed E-state index contributed by atoms with van der Waals surface area (Å²) in [5, 5.41) is 7.89. The summed E-state index contributed by atoms with van der Waals surface area (Å²) < 4.78 is 6.47. The van der Waals surface area contributed by atoms with Crippen molar-refractivity contribution in [3.63, 3.8) is 0 Å². The average Bonchev–Trinajstić information content (AvgIpc) is 3.26. The van der Waals surface area contributed by atoms with Crippen LogP contribution in [-0.2, 0) is 0 Å². The Balaban J connectivity index is 1.52. The Morgan fingerprint density at radius 2 is 1.68 bits per heavy atom. The zero-order valence-corrected chi connectivity index (χ0v) is 18.6. The van der Waals surface area contributed by atoms with E-state index < -0.39 is 0 Å². The van der Waals surface area contributed by atoms with Crippen molar-refractivity contribution in [1.82, 2.24) is 5.01 Å². The van der Waals surface area contributed by atoms with Crippen LogP contribution in [0.4, 0.5) is 5.69 Å². The van der Waals surface area contributed by atoms with Gasteiger partial charge in [-0.15, -0.1) is 0 Å². The predicted molar refractivity (Wildman–Crippen MR) is 127 cm³/mol. The lowest BCUT2D eigenvalue weighted by Crippen LogP contribution is -2.33. The first-order chi connectivity index (χ1) is 15.2. The Morgan fingerprint density at radius 1 is 0.968 bits per heavy atom. The number of benzene rings is 3. The molecule has 0 N–H and O–H groups in total. The SMILES string of the molecule is CCN(CC)c1ccc(C2Oc3ccccc3C3CC(c4ccc(Cl)cc4)=NN32)cc1. The van der Waals surface area contributed by atoms with E-state index in [-0.39, 0.29) is 12.3 Å². The first kappa shape index (κ1) is 20.0. The van der Waals surface area contributed by atoms with Gasteiger partial charge in [0, 0.05) is 41.3 Å². The Hall–Kier alpha value is -2.98. The number of hydrogen-bond donors (Lipinski definition) is 0. The monoisotopic (exact) mass is 431 g/mol. The second kappa shape index (κ2) is 8.27. The van der Waals surface area contributed by atoms with Crippen LogP contribution in [0.15, 0.2) is 77.9 Å². The quantitative estimate of drug-likeness (QED) is 0.466. The van der Waals surface area contributed by atoms with Crippen molar-refractivity contribution in [1.29, 1.82) is 0 Å². The zero-order chi connectivity index (χ0) is 21.4. The summed E-state index contributed by atoms with van der Waals surface area (Å²) >= 11 is 6.09. The van der Waals surface area contributed by atoms with Gasteiger partial charge in [-0.1, -0.05) is 54.1 Å². The van der Waals surface area contributed by atoms with Crippen molar-refractivity contribution in [2.24, 2.45) is 5.10 Å². The Morgan fingerprint density at radius 3 is 2.39 bits per heavy atom. The van der Waals surface area contributed by atoms with E-state index in [1.54, 1.807) is 0 Å². The first-order valence-corrected chi connectivity index (χ1v) is 11.3. The third-order valence-electron chi connectivity index (χ3n) is 6.18. The molecule has 31 heavy (non-hydrogen) atoms. The van der Waals surface area contributed by atoms with E-state index in [2.05, 4.69) is 66.2 Å². The summed E-state index contributed by atoms with van der Waals surface area (Å²) in [6, 6.07) is 25.1. The largest absolute Gasteiger partial charge is 0.464 e. The fourth-order valence-electron chi connectivity index (χ4n) is 4.51. The van der Waals surface area contributed by atoms with E-state index >= 15 is 0 Å². The minimum atomic E-state index is -0.254. The Labute approximate surface area is 188 Å². The summed E-state index contributed by atoms with van der Waals surface area (Å²) in [6.07, 6.45) is 0.589. The molecule has 2 heterocycles. The van der Waals surface area contributed by atoms with Crippen LogP contribution in [0.1, 0.15) is 49.2 Å². The van der Waals surface area contributed by atoms with Crippen LogP contribution in [0.5, 0.6) is 5.75 Å². The molecule has 0 aromatic heterocycles. The maximum absolute atomic E-state index is 6.47. The molecular weight excluding hydrogens is 406 g/mol. The fraction of sp³-hybridized carbons (Fsp3) is 0.269. The molecule has 0 spiro atoms. The molecule has 0 bridgehead atoms. The highest BCUT2D eigenvalue weighted by molar-refractivity contribution is 6.30. The van der Waals surface area contributed by atoms with Gasteiger partial charge in [-0.3, -0.25) is 0 Å². The van der Waals surface area contributed by atoms with E-state index in [0.29, 0.717) is 0 Å². The molecule has 0 saturated heterocycles. The third-order valence-corrected chi connectivity index (χ3v) is 6.44. The minimum Gasteiger partial charge on any atom is -0.464 e. The topological polar surface area (TPSA) is 28.1 Å². The molecule has 0 radical (unpaired) electrons. The number of ether oxygens (including phenoxy) is 1. The minimum absolute atomic E-state index is 0.156. The molecule has 0 aliphatic carbocycles. The number of halogens is 1. The number of para-hydroxylation sites is 1. The summed E-state index contributed by atoms with van der Waals surface area (Å²) in [4.78, 5) is 2.34. The lowest BCUT2D eigenvalue weighted by Gasteiger charge is -2.38. The van der Waals surface area contributed by atoms with Crippen molar-refractivity contribution < 1.29 is 4.74 Å². The number of anilines is 1. The summed E-state index contributed by atoms with van der Waals surface area (Å²) in [5.41, 5.74) is 5.69. The van der Waals surface area contributed by atoms with Crippen molar-refractivity contribution in [3.8, 4) is 5.75 Å². The molecule has 3 aromatic carbocycles. The van der Waals surface area contributed by atoms with E-state index in [0.717, 1.165) is 47.1 Å². The van der Waals surface area contributed by atoms with E-state index in [9.17, 15) is 0 Å². The molecule has 0 fully saturated rings. The second-order valence-corrected chi connectivity index (χ2v) is 8.36. The molecule has 158 valence electrons. The lowest BCUT2D eigenvalue weighted by molar-refractivity contribution is -0.0190. The first-order valence-electron chi connectivity index (χ1n) is 10.9. The van der Waals surface area contributed by atoms with Crippen molar-refractivity contribution in [2.45, 2.75) is 32.5 Å².